The molecule has 0 saturated carbocycles. The second kappa shape index (κ2) is 7.84. The summed E-state index contributed by atoms with van der Waals surface area (Å²) in [4.78, 5) is 9.58. The molecule has 2 N–H and O–H groups in total. The van der Waals surface area contributed by atoms with Crippen LogP contribution in [0.25, 0.3) is 11.3 Å². The molecular formula is C19H8B8F2N6O. The molecule has 0 spiro atoms. The number of anilines is 2. The molecule has 0 atom stereocenters. The van der Waals surface area contributed by atoms with Gasteiger partial charge in [-0.05, 0) is 39.7 Å². The lowest BCUT2D eigenvalue weighted by molar-refractivity contribution is -0.0256. The van der Waals surface area contributed by atoms with Crippen molar-refractivity contribution in [2.75, 3.05) is 10.2 Å². The van der Waals surface area contributed by atoms with Gasteiger partial charge in [0.15, 0.2) is 0 Å². The number of ether oxygens (including phenoxy) is 1. The molecule has 0 amide bonds. The van der Waals surface area contributed by atoms with Gasteiger partial charge < -0.3 is 15.0 Å². The number of aliphatic imine (C=N–C) groups is 1. The van der Waals surface area contributed by atoms with Gasteiger partial charge in [0.25, 0.3) is 0 Å². The molecule has 0 unspecified atom stereocenters. The molecule has 1 fully saturated rings. The Bertz CT molecular complexity index is 1370. The first-order valence-corrected chi connectivity index (χ1v) is 10.3. The van der Waals surface area contributed by atoms with Crippen LogP contribution in [-0.2, 0) is 4.74 Å². The van der Waals surface area contributed by atoms with Gasteiger partial charge in [-0.15, -0.1) is 0 Å². The van der Waals surface area contributed by atoms with Crippen LogP contribution in [0.1, 0.15) is 5.56 Å². The average Bonchev–Trinajstić information content (AvgIpc) is 3.14. The molecule has 158 valence electrons. The summed E-state index contributed by atoms with van der Waals surface area (Å²) in [5, 5.41) is 0.404. The average molecular weight is 461 g/mol. The van der Waals surface area contributed by atoms with Crippen molar-refractivity contribution >= 4 is 85.8 Å². The molecule has 0 bridgehead atoms. The molecule has 2 aliphatic rings. The fourth-order valence-corrected chi connectivity index (χ4v) is 4.03. The number of hydrogen-bond donors (Lipinski definition) is 2. The van der Waals surface area contributed by atoms with Crippen LogP contribution in [0.5, 0.6) is 0 Å². The van der Waals surface area contributed by atoms with Gasteiger partial charge in [-0.3, -0.25) is 5.10 Å². The Morgan fingerprint density at radius 3 is 2.11 bits per heavy atom. The molecule has 0 aliphatic carbocycles. The lowest BCUT2D eigenvalue weighted by Crippen LogP contribution is -2.86. The zero-order valence-corrected chi connectivity index (χ0v) is 18.5. The second-order valence-corrected chi connectivity index (χ2v) is 8.57. The largest absolute Gasteiger partial charge is 0.405 e. The highest BCUT2D eigenvalue weighted by Crippen LogP contribution is 2.45. The van der Waals surface area contributed by atoms with Crippen LogP contribution in [0.2, 0.25) is 0 Å². The number of benzene rings is 1. The highest BCUT2D eigenvalue weighted by Gasteiger charge is 2.57. The number of halogens is 2. The van der Waals surface area contributed by atoms with Crippen molar-refractivity contribution < 1.29 is 13.5 Å². The summed E-state index contributed by atoms with van der Waals surface area (Å²) in [5.41, 5.74) is 0.844. The van der Waals surface area contributed by atoms with Gasteiger partial charge in [0.2, 0.25) is 0 Å². The van der Waals surface area contributed by atoms with E-state index >= 15 is 0 Å². The van der Waals surface area contributed by atoms with Gasteiger partial charge in [-0.25, -0.2) is 18.8 Å². The molecule has 17 heteroatoms. The molecule has 4 heterocycles. The minimum atomic E-state index is -2.35. The van der Waals surface area contributed by atoms with Gasteiger partial charge in [-0.1, -0.05) is 6.07 Å². The molecular weight excluding hydrogens is 453 g/mol. The number of pyridine rings is 1. The number of rotatable bonds is 2. The maximum absolute atomic E-state index is 14.5. The molecule has 36 heavy (non-hydrogen) atoms. The van der Waals surface area contributed by atoms with Crippen LogP contribution in [0.4, 0.5) is 26.0 Å². The first kappa shape index (κ1) is 24.9. The Morgan fingerprint density at radius 2 is 1.50 bits per heavy atom. The second-order valence-electron chi connectivity index (χ2n) is 8.57. The molecule has 3 aromatic rings. The Balaban J connectivity index is 1.72. The minimum Gasteiger partial charge on any atom is -0.405 e. The summed E-state index contributed by atoms with van der Waals surface area (Å²) in [6, 6.07) is 4.86. The summed E-state index contributed by atoms with van der Waals surface area (Å²) in [7, 11) is 48.7. The van der Waals surface area contributed by atoms with Gasteiger partial charge in [0.05, 0.1) is 66.4 Å². The van der Waals surface area contributed by atoms with Crippen LogP contribution in [0.3, 0.4) is 0 Å². The Kier molecular flexibility index (Phi) is 5.42. The van der Waals surface area contributed by atoms with E-state index in [2.05, 4.69) is 25.5 Å². The van der Waals surface area contributed by atoms with E-state index in [1.807, 2.05) is 0 Å². The molecule has 7 nitrogen and oxygen atoms in total. The van der Waals surface area contributed by atoms with E-state index in [1.54, 1.807) is 0 Å². The highest BCUT2D eigenvalue weighted by molar-refractivity contribution is 6.61. The zero-order chi connectivity index (χ0) is 26.3. The zero-order valence-electron chi connectivity index (χ0n) is 18.5. The molecule has 2 aromatic heterocycles. The van der Waals surface area contributed by atoms with E-state index in [1.165, 1.54) is 24.5 Å². The van der Waals surface area contributed by atoms with Crippen molar-refractivity contribution in [3.05, 3.63) is 53.9 Å². The first-order valence-electron chi connectivity index (χ1n) is 10.3. The quantitative estimate of drug-likeness (QED) is 0.482. The SMILES string of the molecule is [B]C1([B])OC([B])([B])C([B])([B])N(c2cc3c(cn2)N=C(c2c(F)cccc2F)Nc2cn[nH]c2-3)C1([B])[B]. The van der Waals surface area contributed by atoms with Gasteiger partial charge in [0, 0.05) is 5.56 Å². The van der Waals surface area contributed by atoms with E-state index in [4.69, 9.17) is 67.5 Å². The maximum Gasteiger partial charge on any atom is 0.144 e. The number of hydrogen-bond acceptors (Lipinski definition) is 6. The number of H-pyrrole nitrogens is 1. The van der Waals surface area contributed by atoms with E-state index in [0.29, 0.717) is 16.9 Å². The van der Waals surface area contributed by atoms with Crippen LogP contribution in [0.15, 0.2) is 41.7 Å². The van der Waals surface area contributed by atoms with Crippen molar-refractivity contribution in [1.82, 2.24) is 15.2 Å². The Hall–Kier alpha value is -2.81. The lowest BCUT2D eigenvalue weighted by Gasteiger charge is -2.70. The summed E-state index contributed by atoms with van der Waals surface area (Å²) in [6.07, 6.45) is 2.65. The molecule has 2 aliphatic heterocycles. The predicted octanol–water partition coefficient (Wildman–Crippen LogP) is -0.946. The van der Waals surface area contributed by atoms with Gasteiger partial charge in [-0.2, -0.15) is 5.10 Å². The smallest absolute Gasteiger partial charge is 0.144 e. The fourth-order valence-electron chi connectivity index (χ4n) is 4.03. The number of morpholine rings is 1. The highest BCUT2D eigenvalue weighted by atomic mass is 19.1. The van der Waals surface area contributed by atoms with Crippen molar-refractivity contribution in [1.29, 1.82) is 0 Å². The first-order chi connectivity index (χ1) is 16.7. The van der Waals surface area contributed by atoms with Crippen molar-refractivity contribution in [2.45, 2.75) is 21.5 Å². The van der Waals surface area contributed by atoms with Crippen LogP contribution in [-0.4, -0.2) is 105 Å². The number of nitrogens with one attached hydrogen (secondary N) is 2. The topological polar surface area (TPSA) is 78.4 Å². The van der Waals surface area contributed by atoms with E-state index < -0.39 is 33.1 Å². The van der Waals surface area contributed by atoms with Crippen molar-refractivity contribution in [2.24, 2.45) is 4.99 Å². The third-order valence-electron chi connectivity index (χ3n) is 6.02. The third-order valence-corrected chi connectivity index (χ3v) is 6.02. The molecule has 5 rings (SSSR count). The van der Waals surface area contributed by atoms with Gasteiger partial charge in [0.1, 0.15) is 54.7 Å². The fraction of sp³-hybridized carbons (Fsp3) is 0.211. The lowest BCUT2D eigenvalue weighted by atomic mass is 9.30. The monoisotopic (exact) mass is 462 g/mol. The van der Waals surface area contributed by atoms with E-state index in [9.17, 15) is 8.78 Å². The normalized spacial score (nSPS) is 20.8. The number of nitrogens with zero attached hydrogens (tertiary/aromatic N) is 4. The Morgan fingerprint density at radius 1 is 0.889 bits per heavy atom. The molecule has 1 aromatic carbocycles. The van der Waals surface area contributed by atoms with Crippen LogP contribution >= 0.6 is 0 Å². The van der Waals surface area contributed by atoms with Crippen molar-refractivity contribution in [3.63, 3.8) is 0 Å². The van der Waals surface area contributed by atoms with Crippen molar-refractivity contribution in [3.8, 4) is 11.3 Å². The number of amidine groups is 1. The predicted molar refractivity (Wildman–Crippen MR) is 139 cm³/mol. The molecule has 1 saturated heterocycles. The summed E-state index contributed by atoms with van der Waals surface area (Å²) < 4.78 is 34.3. The number of aromatic nitrogens is 3. The summed E-state index contributed by atoms with van der Waals surface area (Å²) in [6.45, 7) is 0. The maximum atomic E-state index is 14.5. The Labute approximate surface area is 216 Å². The van der Waals surface area contributed by atoms with Crippen LogP contribution < -0.4 is 10.2 Å². The standard InChI is InChI=1S/C19H8B8F2N6O/c20-16(21)18(24,25)36-19(26,27)17(22,23)35(16)12-4-7-10(5-30-12)32-15(33-11-6-31-34-14(7)11)13-8(28)2-1-3-9(13)29/h1-6H,(H,31,34)(H,32,33). The number of fused-ring (bicyclic) bond motifs is 3. The summed E-state index contributed by atoms with van der Waals surface area (Å²) >= 11 is 0. The number of aromatic amines is 1. The van der Waals surface area contributed by atoms with E-state index in [-0.39, 0.29) is 22.9 Å². The molecule has 16 radical (unpaired) electrons. The third kappa shape index (κ3) is 3.49. The van der Waals surface area contributed by atoms with Gasteiger partial charge >= 0.3 is 0 Å². The van der Waals surface area contributed by atoms with Crippen LogP contribution in [0, 0.1) is 11.6 Å². The minimum absolute atomic E-state index is 0.0797. The summed E-state index contributed by atoms with van der Waals surface area (Å²) in [5.74, 6) is -1.87. The van der Waals surface area contributed by atoms with E-state index in [0.717, 1.165) is 17.0 Å².